The van der Waals surface area contributed by atoms with E-state index in [-0.39, 0.29) is 11.9 Å². The van der Waals surface area contributed by atoms with Crippen molar-refractivity contribution in [3.8, 4) is 22.6 Å². The van der Waals surface area contributed by atoms with E-state index in [1.54, 1.807) is 25.3 Å². The van der Waals surface area contributed by atoms with Crippen LogP contribution in [-0.2, 0) is 0 Å². The molecule has 4 nitrogen and oxygen atoms in total. The highest BCUT2D eigenvalue weighted by Crippen LogP contribution is 2.43. The van der Waals surface area contributed by atoms with E-state index in [1.807, 2.05) is 0 Å². The monoisotopic (exact) mass is 322 g/mol. The summed E-state index contributed by atoms with van der Waals surface area (Å²) in [5.74, 6) is 0.844. The standard InChI is InChI=1S/C16H16ClFN2O2/c1-21-10-2-3-12(14(17)6-10)13-4-9(18)5-15-16(13)22-11(7-19)8-20-15/h2-6,11,20H,7-8,19H2,1H3/t11-/m0/s1. The lowest BCUT2D eigenvalue weighted by molar-refractivity contribution is 0.215. The number of hydrogen-bond donors (Lipinski definition) is 2. The van der Waals surface area contributed by atoms with Crippen LogP contribution in [-0.4, -0.2) is 26.3 Å². The minimum atomic E-state index is -0.358. The molecule has 0 fully saturated rings. The molecule has 1 heterocycles. The summed E-state index contributed by atoms with van der Waals surface area (Å²) < 4.78 is 24.9. The molecule has 116 valence electrons. The van der Waals surface area contributed by atoms with Crippen LogP contribution in [0.1, 0.15) is 0 Å². The molecular formula is C16H16ClFN2O2. The van der Waals surface area contributed by atoms with Crippen molar-refractivity contribution in [2.75, 3.05) is 25.5 Å². The van der Waals surface area contributed by atoms with Crippen LogP contribution >= 0.6 is 11.6 Å². The fourth-order valence-electron chi connectivity index (χ4n) is 2.46. The predicted molar refractivity (Wildman–Crippen MR) is 85.4 cm³/mol. The minimum Gasteiger partial charge on any atom is -0.497 e. The van der Waals surface area contributed by atoms with E-state index in [4.69, 9.17) is 26.8 Å². The van der Waals surface area contributed by atoms with Gasteiger partial charge in [-0.05, 0) is 24.3 Å². The summed E-state index contributed by atoms with van der Waals surface area (Å²) in [5, 5.41) is 3.61. The van der Waals surface area contributed by atoms with Crippen LogP contribution in [0.5, 0.6) is 11.5 Å². The van der Waals surface area contributed by atoms with E-state index in [1.165, 1.54) is 12.1 Å². The van der Waals surface area contributed by atoms with Crippen LogP contribution in [0.15, 0.2) is 30.3 Å². The van der Waals surface area contributed by atoms with Crippen LogP contribution < -0.4 is 20.5 Å². The average molecular weight is 323 g/mol. The van der Waals surface area contributed by atoms with Gasteiger partial charge in [0.15, 0.2) is 5.75 Å². The SMILES string of the molecule is COc1ccc(-c2cc(F)cc3c2O[C@@H](CN)CN3)c(Cl)c1. The van der Waals surface area contributed by atoms with E-state index in [2.05, 4.69) is 5.32 Å². The maximum absolute atomic E-state index is 13.9. The smallest absolute Gasteiger partial charge is 0.151 e. The molecule has 2 aromatic rings. The average Bonchev–Trinajstić information content (AvgIpc) is 2.53. The molecule has 0 aromatic heterocycles. The van der Waals surface area contributed by atoms with E-state index < -0.39 is 0 Å². The zero-order chi connectivity index (χ0) is 15.7. The largest absolute Gasteiger partial charge is 0.497 e. The second-order valence-corrected chi connectivity index (χ2v) is 5.44. The van der Waals surface area contributed by atoms with Gasteiger partial charge in [0.25, 0.3) is 0 Å². The van der Waals surface area contributed by atoms with E-state index in [0.717, 1.165) is 0 Å². The maximum Gasteiger partial charge on any atom is 0.151 e. The Hall–Kier alpha value is -1.98. The van der Waals surface area contributed by atoms with Crippen molar-refractivity contribution in [3.05, 3.63) is 41.2 Å². The Morgan fingerprint density at radius 1 is 1.36 bits per heavy atom. The molecule has 0 saturated heterocycles. The minimum absolute atomic E-state index is 0.159. The summed E-state index contributed by atoms with van der Waals surface area (Å²) in [7, 11) is 1.56. The molecule has 22 heavy (non-hydrogen) atoms. The predicted octanol–water partition coefficient (Wildman–Crippen LogP) is 3.29. The van der Waals surface area contributed by atoms with Crippen LogP contribution in [0.25, 0.3) is 11.1 Å². The number of rotatable bonds is 3. The lowest BCUT2D eigenvalue weighted by Crippen LogP contribution is -2.37. The van der Waals surface area contributed by atoms with Gasteiger partial charge in [-0.15, -0.1) is 0 Å². The van der Waals surface area contributed by atoms with Crippen molar-refractivity contribution in [1.82, 2.24) is 0 Å². The normalized spacial score (nSPS) is 16.5. The summed E-state index contributed by atoms with van der Waals surface area (Å²) >= 11 is 6.30. The first-order valence-electron chi connectivity index (χ1n) is 6.90. The molecule has 0 aliphatic carbocycles. The Labute approximate surface area is 133 Å². The highest BCUT2D eigenvalue weighted by Gasteiger charge is 2.23. The molecule has 3 N–H and O–H groups in total. The summed E-state index contributed by atoms with van der Waals surface area (Å²) in [6, 6.07) is 8.06. The van der Waals surface area contributed by atoms with Gasteiger partial charge in [-0.2, -0.15) is 0 Å². The first-order chi connectivity index (χ1) is 10.6. The summed E-state index contributed by atoms with van der Waals surface area (Å²) in [5.41, 5.74) is 7.54. The van der Waals surface area contributed by atoms with Crippen molar-refractivity contribution in [2.45, 2.75) is 6.10 Å². The van der Waals surface area contributed by atoms with E-state index in [0.29, 0.717) is 46.4 Å². The molecule has 0 unspecified atom stereocenters. The molecule has 0 bridgehead atoms. The molecule has 0 saturated carbocycles. The van der Waals surface area contributed by atoms with Crippen LogP contribution in [0, 0.1) is 5.82 Å². The Kier molecular flexibility index (Phi) is 4.09. The van der Waals surface area contributed by atoms with Gasteiger partial charge in [-0.25, -0.2) is 4.39 Å². The molecular weight excluding hydrogens is 307 g/mol. The Morgan fingerprint density at radius 2 is 2.18 bits per heavy atom. The molecule has 2 aromatic carbocycles. The van der Waals surface area contributed by atoms with Crippen LogP contribution in [0.2, 0.25) is 5.02 Å². The first-order valence-corrected chi connectivity index (χ1v) is 7.28. The number of methoxy groups -OCH3 is 1. The summed E-state index contributed by atoms with van der Waals surface area (Å²) in [6.07, 6.45) is -0.159. The molecule has 6 heteroatoms. The van der Waals surface area contributed by atoms with Gasteiger partial charge in [-0.3, -0.25) is 0 Å². The highest BCUT2D eigenvalue weighted by atomic mass is 35.5. The number of fused-ring (bicyclic) bond motifs is 1. The van der Waals surface area contributed by atoms with Crippen molar-refractivity contribution in [2.24, 2.45) is 5.73 Å². The molecule has 1 atom stereocenters. The van der Waals surface area contributed by atoms with E-state index in [9.17, 15) is 4.39 Å². The number of hydrogen-bond acceptors (Lipinski definition) is 4. The number of benzene rings is 2. The third kappa shape index (κ3) is 2.69. The van der Waals surface area contributed by atoms with Crippen molar-refractivity contribution < 1.29 is 13.9 Å². The Balaban J connectivity index is 2.13. The topological polar surface area (TPSA) is 56.5 Å². The first kappa shape index (κ1) is 14.9. The van der Waals surface area contributed by atoms with Gasteiger partial charge < -0.3 is 20.5 Å². The number of nitrogens with two attached hydrogens (primary N) is 1. The van der Waals surface area contributed by atoms with E-state index >= 15 is 0 Å². The van der Waals surface area contributed by atoms with Crippen molar-refractivity contribution in [3.63, 3.8) is 0 Å². The number of ether oxygens (including phenoxy) is 2. The van der Waals surface area contributed by atoms with Crippen molar-refractivity contribution >= 4 is 17.3 Å². The maximum atomic E-state index is 13.9. The number of halogens is 2. The zero-order valence-corrected chi connectivity index (χ0v) is 12.8. The molecule has 1 aliphatic heterocycles. The van der Waals surface area contributed by atoms with Gasteiger partial charge in [0.1, 0.15) is 17.7 Å². The Morgan fingerprint density at radius 3 is 2.86 bits per heavy atom. The van der Waals surface area contributed by atoms with Crippen molar-refractivity contribution in [1.29, 1.82) is 0 Å². The molecule has 0 spiro atoms. The Bertz CT molecular complexity index is 709. The lowest BCUT2D eigenvalue weighted by atomic mass is 10.0. The van der Waals surface area contributed by atoms with Crippen LogP contribution in [0.3, 0.4) is 0 Å². The third-order valence-electron chi connectivity index (χ3n) is 3.59. The zero-order valence-electron chi connectivity index (χ0n) is 12.0. The van der Waals surface area contributed by atoms with Gasteiger partial charge in [0.05, 0.1) is 24.4 Å². The van der Waals surface area contributed by atoms with Gasteiger partial charge in [-0.1, -0.05) is 11.6 Å². The second kappa shape index (κ2) is 6.02. The quantitative estimate of drug-likeness (QED) is 0.910. The third-order valence-corrected chi connectivity index (χ3v) is 3.90. The summed E-state index contributed by atoms with van der Waals surface area (Å²) in [6.45, 7) is 0.919. The fourth-order valence-corrected chi connectivity index (χ4v) is 2.73. The molecule has 1 aliphatic rings. The second-order valence-electron chi connectivity index (χ2n) is 5.03. The molecule has 0 amide bonds. The van der Waals surface area contributed by atoms with Gasteiger partial charge >= 0.3 is 0 Å². The number of nitrogens with one attached hydrogen (secondary N) is 1. The molecule has 0 radical (unpaired) electrons. The van der Waals surface area contributed by atoms with Gasteiger partial charge in [0.2, 0.25) is 0 Å². The highest BCUT2D eigenvalue weighted by molar-refractivity contribution is 6.33. The lowest BCUT2D eigenvalue weighted by Gasteiger charge is -2.28. The fraction of sp³-hybridized carbons (Fsp3) is 0.250. The number of anilines is 1. The molecule has 3 rings (SSSR count). The summed E-state index contributed by atoms with van der Waals surface area (Å²) in [4.78, 5) is 0. The van der Waals surface area contributed by atoms with Gasteiger partial charge in [0, 0.05) is 23.7 Å². The van der Waals surface area contributed by atoms with Crippen LogP contribution in [0.4, 0.5) is 10.1 Å².